The van der Waals surface area contributed by atoms with Gasteiger partial charge in [-0.05, 0) is 24.3 Å². The number of alkyl halides is 1. The summed E-state index contributed by atoms with van der Waals surface area (Å²) in [5.74, 6) is -0.0661. The Hall–Kier alpha value is -1.07. The molecule has 0 aromatic heterocycles. The molecule has 2 rings (SSSR count). The number of amides is 2. The Morgan fingerprint density at radius 2 is 1.58 bits per heavy atom. The van der Waals surface area contributed by atoms with Crippen LogP contribution in [-0.4, -0.2) is 53.7 Å². The standard InChI is InChI=1S/C13H14BrClN2O2/c14-11-3-1-10(2-4-11)13(19)17-7-5-16(6-8-17)12(18)9-15/h1-4H,5-9H2. The predicted molar refractivity (Wildman–Crippen MR) is 77.3 cm³/mol. The Labute approximate surface area is 125 Å². The van der Waals surface area contributed by atoms with Gasteiger partial charge in [-0.15, -0.1) is 11.6 Å². The summed E-state index contributed by atoms with van der Waals surface area (Å²) < 4.78 is 0.946. The second-order valence-corrected chi connectivity index (χ2v) is 5.50. The summed E-state index contributed by atoms with van der Waals surface area (Å²) in [6.45, 7) is 2.21. The van der Waals surface area contributed by atoms with Crippen molar-refractivity contribution in [3.63, 3.8) is 0 Å². The highest BCUT2D eigenvalue weighted by atomic mass is 79.9. The lowest BCUT2D eigenvalue weighted by Crippen LogP contribution is -2.50. The fourth-order valence-corrected chi connectivity index (χ4v) is 2.45. The third-order valence-corrected chi connectivity index (χ3v) is 3.88. The maximum absolute atomic E-state index is 12.2. The molecule has 4 nitrogen and oxygen atoms in total. The molecule has 6 heteroatoms. The van der Waals surface area contributed by atoms with E-state index in [1.807, 2.05) is 12.1 Å². The van der Waals surface area contributed by atoms with Crippen molar-refractivity contribution in [3.8, 4) is 0 Å². The molecule has 0 radical (unpaired) electrons. The normalized spacial score (nSPS) is 15.5. The van der Waals surface area contributed by atoms with Gasteiger partial charge in [0.1, 0.15) is 5.88 Å². The first-order valence-corrected chi connectivity index (χ1v) is 7.33. The molecule has 0 spiro atoms. The second-order valence-electron chi connectivity index (χ2n) is 4.31. The lowest BCUT2D eigenvalue weighted by molar-refractivity contribution is -0.129. The van der Waals surface area contributed by atoms with Crippen LogP contribution in [0.25, 0.3) is 0 Å². The Balaban J connectivity index is 1.96. The molecular formula is C13H14BrClN2O2. The van der Waals surface area contributed by atoms with E-state index in [0.717, 1.165) is 4.47 Å². The van der Waals surface area contributed by atoms with Gasteiger partial charge >= 0.3 is 0 Å². The number of nitrogens with zero attached hydrogens (tertiary/aromatic N) is 2. The highest BCUT2D eigenvalue weighted by Gasteiger charge is 2.24. The molecule has 0 atom stereocenters. The molecule has 1 aromatic carbocycles. The minimum Gasteiger partial charge on any atom is -0.338 e. The summed E-state index contributed by atoms with van der Waals surface area (Å²) in [5.41, 5.74) is 0.667. The molecule has 1 heterocycles. The van der Waals surface area contributed by atoms with Gasteiger partial charge in [0.25, 0.3) is 5.91 Å². The van der Waals surface area contributed by atoms with Crippen LogP contribution in [0.4, 0.5) is 0 Å². The van der Waals surface area contributed by atoms with Crippen LogP contribution >= 0.6 is 27.5 Å². The van der Waals surface area contributed by atoms with Crippen molar-refractivity contribution in [2.24, 2.45) is 0 Å². The third kappa shape index (κ3) is 3.48. The van der Waals surface area contributed by atoms with E-state index in [-0.39, 0.29) is 17.7 Å². The van der Waals surface area contributed by atoms with E-state index in [9.17, 15) is 9.59 Å². The van der Waals surface area contributed by atoms with Crippen molar-refractivity contribution < 1.29 is 9.59 Å². The number of benzene rings is 1. The van der Waals surface area contributed by atoms with Crippen LogP contribution < -0.4 is 0 Å². The molecule has 2 amide bonds. The van der Waals surface area contributed by atoms with E-state index >= 15 is 0 Å². The quantitative estimate of drug-likeness (QED) is 0.769. The lowest BCUT2D eigenvalue weighted by Gasteiger charge is -2.34. The third-order valence-electron chi connectivity index (χ3n) is 3.13. The Morgan fingerprint density at radius 3 is 2.11 bits per heavy atom. The summed E-state index contributed by atoms with van der Waals surface area (Å²) in [4.78, 5) is 27.1. The van der Waals surface area contributed by atoms with Gasteiger partial charge < -0.3 is 9.80 Å². The van der Waals surface area contributed by atoms with Crippen molar-refractivity contribution in [3.05, 3.63) is 34.3 Å². The molecule has 0 unspecified atom stereocenters. The molecule has 1 aliphatic rings. The van der Waals surface area contributed by atoms with Crippen LogP contribution in [0.3, 0.4) is 0 Å². The Bertz CT molecular complexity index is 470. The number of hydrogen-bond donors (Lipinski definition) is 0. The van der Waals surface area contributed by atoms with Crippen molar-refractivity contribution in [1.29, 1.82) is 0 Å². The maximum atomic E-state index is 12.2. The van der Waals surface area contributed by atoms with Gasteiger partial charge in [0, 0.05) is 36.2 Å². The average molecular weight is 346 g/mol. The highest BCUT2D eigenvalue weighted by Crippen LogP contribution is 2.13. The molecule has 1 aliphatic heterocycles. The number of piperazine rings is 1. The molecule has 0 N–H and O–H groups in total. The van der Waals surface area contributed by atoms with Crippen LogP contribution in [0.5, 0.6) is 0 Å². The summed E-state index contributed by atoms with van der Waals surface area (Å²) in [5, 5.41) is 0. The lowest BCUT2D eigenvalue weighted by atomic mass is 10.2. The first-order chi connectivity index (χ1) is 9.11. The van der Waals surface area contributed by atoms with E-state index in [1.165, 1.54) is 0 Å². The SMILES string of the molecule is O=C(CCl)N1CCN(C(=O)c2ccc(Br)cc2)CC1. The summed E-state index contributed by atoms with van der Waals surface area (Å²) in [6.07, 6.45) is 0. The van der Waals surface area contributed by atoms with Crippen molar-refractivity contribution in [2.75, 3.05) is 32.1 Å². The predicted octanol–water partition coefficient (Wildman–Crippen LogP) is 1.97. The molecule has 1 fully saturated rings. The zero-order valence-corrected chi connectivity index (χ0v) is 12.7. The fraction of sp³-hybridized carbons (Fsp3) is 0.385. The van der Waals surface area contributed by atoms with E-state index in [4.69, 9.17) is 11.6 Å². The van der Waals surface area contributed by atoms with Crippen LogP contribution in [0.15, 0.2) is 28.7 Å². The van der Waals surface area contributed by atoms with Gasteiger partial charge in [0.15, 0.2) is 0 Å². The van der Waals surface area contributed by atoms with Crippen LogP contribution in [0.2, 0.25) is 0 Å². The van der Waals surface area contributed by atoms with Crippen molar-refractivity contribution in [1.82, 2.24) is 9.80 Å². The van der Waals surface area contributed by atoms with Crippen LogP contribution in [0, 0.1) is 0 Å². The second kappa shape index (κ2) is 6.39. The zero-order chi connectivity index (χ0) is 13.8. The maximum Gasteiger partial charge on any atom is 0.253 e. The molecule has 0 bridgehead atoms. The average Bonchev–Trinajstić information content (AvgIpc) is 2.46. The molecule has 1 saturated heterocycles. The van der Waals surface area contributed by atoms with Gasteiger partial charge in [-0.3, -0.25) is 9.59 Å². The Kier molecular flexibility index (Phi) is 4.82. The number of hydrogen-bond acceptors (Lipinski definition) is 2. The van der Waals surface area contributed by atoms with E-state index in [1.54, 1.807) is 21.9 Å². The summed E-state index contributed by atoms with van der Waals surface area (Å²) in [6, 6.07) is 7.28. The summed E-state index contributed by atoms with van der Waals surface area (Å²) in [7, 11) is 0. The van der Waals surface area contributed by atoms with Crippen molar-refractivity contribution >= 4 is 39.3 Å². The fourth-order valence-electron chi connectivity index (χ4n) is 2.02. The molecule has 19 heavy (non-hydrogen) atoms. The van der Waals surface area contributed by atoms with Crippen LogP contribution in [-0.2, 0) is 4.79 Å². The van der Waals surface area contributed by atoms with Gasteiger partial charge in [-0.2, -0.15) is 0 Å². The highest BCUT2D eigenvalue weighted by molar-refractivity contribution is 9.10. The number of carbonyl (C=O) groups is 2. The summed E-state index contributed by atoms with van der Waals surface area (Å²) >= 11 is 8.86. The minimum absolute atomic E-state index is 0.000653. The number of rotatable bonds is 2. The Morgan fingerprint density at radius 1 is 1.05 bits per heavy atom. The van der Waals surface area contributed by atoms with Crippen molar-refractivity contribution in [2.45, 2.75) is 0 Å². The largest absolute Gasteiger partial charge is 0.338 e. The van der Waals surface area contributed by atoms with Gasteiger partial charge in [0.2, 0.25) is 5.91 Å². The van der Waals surface area contributed by atoms with E-state index in [0.29, 0.717) is 31.7 Å². The zero-order valence-electron chi connectivity index (χ0n) is 10.3. The number of halogens is 2. The first-order valence-electron chi connectivity index (χ1n) is 6.00. The van der Waals surface area contributed by atoms with Crippen LogP contribution in [0.1, 0.15) is 10.4 Å². The molecule has 0 saturated carbocycles. The first kappa shape index (κ1) is 14.3. The molecule has 1 aromatic rings. The smallest absolute Gasteiger partial charge is 0.253 e. The topological polar surface area (TPSA) is 40.6 Å². The van der Waals surface area contributed by atoms with E-state index < -0.39 is 0 Å². The molecular weight excluding hydrogens is 332 g/mol. The minimum atomic E-state index is -0.0718. The molecule has 0 aliphatic carbocycles. The molecule has 102 valence electrons. The van der Waals surface area contributed by atoms with Gasteiger partial charge in [0.05, 0.1) is 0 Å². The number of carbonyl (C=O) groups excluding carboxylic acids is 2. The van der Waals surface area contributed by atoms with Gasteiger partial charge in [-0.25, -0.2) is 0 Å². The van der Waals surface area contributed by atoms with Gasteiger partial charge in [-0.1, -0.05) is 15.9 Å². The van der Waals surface area contributed by atoms with E-state index in [2.05, 4.69) is 15.9 Å². The monoisotopic (exact) mass is 344 g/mol.